The molecule has 2 aromatic heterocycles. The molecule has 222 valence electrons. The third-order valence-electron chi connectivity index (χ3n) is 5.23. The Balaban J connectivity index is 1.22. The molecule has 0 radical (unpaired) electrons. The number of alkyl halides is 6. The summed E-state index contributed by atoms with van der Waals surface area (Å²) in [4.78, 5) is 14.4. The van der Waals surface area contributed by atoms with Crippen LogP contribution < -0.4 is 10.6 Å². The number of anilines is 4. The van der Waals surface area contributed by atoms with Gasteiger partial charge in [0.15, 0.2) is 0 Å². The second-order valence-corrected chi connectivity index (χ2v) is 10.1. The number of benzene rings is 2. The van der Waals surface area contributed by atoms with Gasteiger partial charge in [-0.05, 0) is 35.4 Å². The molecule has 0 bridgehead atoms. The number of hydrogen-bond donors (Lipinski definition) is 2. The highest BCUT2D eigenvalue weighted by Gasteiger charge is 2.35. The SMILES string of the molecule is O=[PH](OCc1ccc(Nc2ncc(C(F)(F)F)c(Cl)n2)cc1)OCc1ccc(Nc2ncc(C(F)(F)F)c(Cl)n2)cc1. The minimum Gasteiger partial charge on any atom is -0.324 e. The van der Waals surface area contributed by atoms with Gasteiger partial charge < -0.3 is 19.7 Å². The van der Waals surface area contributed by atoms with Gasteiger partial charge in [-0.1, -0.05) is 47.5 Å². The maximum atomic E-state index is 12.8. The fraction of sp³-hybridized carbons (Fsp3) is 0.167. The van der Waals surface area contributed by atoms with Crippen LogP contribution in [-0.4, -0.2) is 19.9 Å². The van der Waals surface area contributed by atoms with Crippen molar-refractivity contribution in [2.75, 3.05) is 10.6 Å². The highest BCUT2D eigenvalue weighted by atomic mass is 35.5. The maximum absolute atomic E-state index is 12.8. The second kappa shape index (κ2) is 13.2. The summed E-state index contributed by atoms with van der Waals surface area (Å²) in [6.07, 6.45) is -8.18. The first-order chi connectivity index (χ1) is 19.8. The van der Waals surface area contributed by atoms with E-state index in [9.17, 15) is 30.9 Å². The molecular formula is C24H17Cl2F6N6O3P. The van der Waals surface area contributed by atoms with Gasteiger partial charge in [-0.25, -0.2) is 19.9 Å². The molecule has 2 heterocycles. The Bertz CT molecular complexity index is 1450. The predicted octanol–water partition coefficient (Wildman–Crippen LogP) is 8.22. The van der Waals surface area contributed by atoms with E-state index in [1.54, 1.807) is 48.5 Å². The molecule has 0 atom stereocenters. The van der Waals surface area contributed by atoms with Crippen LogP contribution in [0.15, 0.2) is 60.9 Å². The van der Waals surface area contributed by atoms with Crippen molar-refractivity contribution in [2.45, 2.75) is 25.6 Å². The van der Waals surface area contributed by atoms with Crippen molar-refractivity contribution in [1.82, 2.24) is 19.9 Å². The molecule has 0 aliphatic heterocycles. The Hall–Kier alpha value is -3.49. The molecule has 0 aliphatic rings. The standard InChI is InChI=1S/C24H17Cl2F6N6O3P/c25-19-17(23(27,28)29)9-33-21(37-19)35-15-5-1-13(2-6-15)11-40-42(39)41-12-14-3-7-16(8-4-14)36-22-34-10-18(20(26)38-22)24(30,31)32/h1-10,42H,11-12H2,(H,33,35,37)(H,34,36,38). The minimum absolute atomic E-state index is 0.0424. The highest BCUT2D eigenvalue weighted by molar-refractivity contribution is 7.33. The van der Waals surface area contributed by atoms with Crippen LogP contribution >= 0.6 is 31.5 Å². The van der Waals surface area contributed by atoms with Crippen LogP contribution in [0.4, 0.5) is 49.6 Å². The first-order valence-corrected chi connectivity index (χ1v) is 13.5. The van der Waals surface area contributed by atoms with Crippen molar-refractivity contribution in [3.8, 4) is 0 Å². The lowest BCUT2D eigenvalue weighted by Crippen LogP contribution is -2.09. The number of nitrogens with one attached hydrogen (secondary N) is 2. The van der Waals surface area contributed by atoms with E-state index >= 15 is 0 Å². The van der Waals surface area contributed by atoms with Gasteiger partial charge >= 0.3 is 20.6 Å². The summed E-state index contributed by atoms with van der Waals surface area (Å²) in [5, 5.41) is 3.99. The van der Waals surface area contributed by atoms with E-state index in [1.807, 2.05) is 0 Å². The van der Waals surface area contributed by atoms with E-state index in [0.717, 1.165) is 0 Å². The van der Waals surface area contributed by atoms with Gasteiger partial charge in [0.1, 0.15) is 21.4 Å². The molecule has 2 aromatic carbocycles. The number of nitrogens with zero attached hydrogens (tertiary/aromatic N) is 4. The van der Waals surface area contributed by atoms with Crippen molar-refractivity contribution >= 4 is 54.7 Å². The van der Waals surface area contributed by atoms with E-state index in [-0.39, 0.29) is 25.1 Å². The van der Waals surface area contributed by atoms with E-state index in [4.69, 9.17) is 32.2 Å². The summed E-state index contributed by atoms with van der Waals surface area (Å²) in [6, 6.07) is 12.9. The maximum Gasteiger partial charge on any atom is 0.420 e. The molecule has 2 N–H and O–H groups in total. The lowest BCUT2D eigenvalue weighted by atomic mass is 10.2. The average Bonchev–Trinajstić information content (AvgIpc) is 2.91. The summed E-state index contributed by atoms with van der Waals surface area (Å²) in [6.45, 7) is -0.0849. The summed E-state index contributed by atoms with van der Waals surface area (Å²) < 4.78 is 99.4. The third kappa shape index (κ3) is 8.76. The van der Waals surface area contributed by atoms with E-state index < -0.39 is 42.0 Å². The molecular weight excluding hydrogens is 636 g/mol. The van der Waals surface area contributed by atoms with Gasteiger partial charge in [0, 0.05) is 23.8 Å². The van der Waals surface area contributed by atoms with Gasteiger partial charge in [0.2, 0.25) is 11.9 Å². The van der Waals surface area contributed by atoms with Crippen LogP contribution in [0.25, 0.3) is 0 Å². The lowest BCUT2D eigenvalue weighted by Gasteiger charge is -2.11. The Labute approximate surface area is 244 Å². The van der Waals surface area contributed by atoms with Crippen LogP contribution in [0.3, 0.4) is 0 Å². The van der Waals surface area contributed by atoms with Crippen LogP contribution in [-0.2, 0) is 39.2 Å². The Kier molecular flexibility index (Phi) is 9.89. The Morgan fingerprint density at radius 1 is 0.667 bits per heavy atom. The molecule has 0 amide bonds. The molecule has 4 rings (SSSR count). The number of aromatic nitrogens is 4. The molecule has 0 saturated heterocycles. The van der Waals surface area contributed by atoms with Crippen molar-refractivity contribution in [3.63, 3.8) is 0 Å². The van der Waals surface area contributed by atoms with Gasteiger partial charge in [-0.2, -0.15) is 26.3 Å². The van der Waals surface area contributed by atoms with E-state index in [0.29, 0.717) is 34.9 Å². The summed E-state index contributed by atoms with van der Waals surface area (Å²) in [5.74, 6) is -0.256. The molecule has 0 spiro atoms. The summed E-state index contributed by atoms with van der Waals surface area (Å²) >= 11 is 11.2. The smallest absolute Gasteiger partial charge is 0.324 e. The van der Waals surface area contributed by atoms with Gasteiger partial charge in [0.05, 0.1) is 13.2 Å². The minimum atomic E-state index is -4.67. The van der Waals surface area contributed by atoms with Crippen LogP contribution in [0, 0.1) is 0 Å². The zero-order valence-corrected chi connectivity index (χ0v) is 23.2. The van der Waals surface area contributed by atoms with Crippen LogP contribution in [0.5, 0.6) is 0 Å². The number of rotatable bonds is 10. The largest absolute Gasteiger partial charge is 0.420 e. The second-order valence-electron chi connectivity index (χ2n) is 8.26. The number of halogens is 8. The average molecular weight is 653 g/mol. The Morgan fingerprint density at radius 3 is 1.33 bits per heavy atom. The molecule has 42 heavy (non-hydrogen) atoms. The first-order valence-electron chi connectivity index (χ1n) is 11.5. The van der Waals surface area contributed by atoms with E-state index in [2.05, 4.69) is 30.6 Å². The normalized spacial score (nSPS) is 12.0. The van der Waals surface area contributed by atoms with Crippen molar-refractivity contribution in [1.29, 1.82) is 0 Å². The molecule has 0 saturated carbocycles. The molecule has 18 heteroatoms. The fourth-order valence-electron chi connectivity index (χ4n) is 3.18. The number of hydrogen-bond acceptors (Lipinski definition) is 9. The molecule has 0 fully saturated rings. The van der Waals surface area contributed by atoms with E-state index in [1.165, 1.54) is 0 Å². The molecule has 4 aromatic rings. The molecule has 9 nitrogen and oxygen atoms in total. The molecule has 0 unspecified atom stereocenters. The zero-order chi connectivity index (χ0) is 30.5. The predicted molar refractivity (Wildman–Crippen MR) is 142 cm³/mol. The topological polar surface area (TPSA) is 111 Å². The van der Waals surface area contributed by atoms with Crippen molar-refractivity contribution in [3.05, 3.63) is 93.5 Å². The van der Waals surface area contributed by atoms with Crippen molar-refractivity contribution < 1.29 is 40.0 Å². The van der Waals surface area contributed by atoms with Crippen LogP contribution in [0.1, 0.15) is 22.3 Å². The Morgan fingerprint density at radius 2 is 1.02 bits per heavy atom. The molecule has 0 aliphatic carbocycles. The monoisotopic (exact) mass is 652 g/mol. The first kappa shape index (κ1) is 31.4. The zero-order valence-electron chi connectivity index (χ0n) is 20.7. The quantitative estimate of drug-likeness (QED) is 0.0994. The van der Waals surface area contributed by atoms with Crippen LogP contribution in [0.2, 0.25) is 10.3 Å². The van der Waals surface area contributed by atoms with Crippen molar-refractivity contribution in [2.24, 2.45) is 0 Å². The van der Waals surface area contributed by atoms with Gasteiger partial charge in [0.25, 0.3) is 0 Å². The lowest BCUT2D eigenvalue weighted by molar-refractivity contribution is -0.138. The van der Waals surface area contributed by atoms with Gasteiger partial charge in [-0.3, -0.25) is 4.57 Å². The summed E-state index contributed by atoms with van der Waals surface area (Å²) in [5.41, 5.74) is -0.101. The third-order valence-corrected chi connectivity index (χ3v) is 6.57. The van der Waals surface area contributed by atoms with Gasteiger partial charge in [-0.15, -0.1) is 0 Å². The highest BCUT2D eigenvalue weighted by Crippen LogP contribution is 2.35. The summed E-state index contributed by atoms with van der Waals surface area (Å²) in [7, 11) is -2.88. The fourth-order valence-corrected chi connectivity index (χ4v) is 4.30.